The van der Waals surface area contributed by atoms with Gasteiger partial charge in [-0.1, -0.05) is 19.9 Å². The van der Waals surface area contributed by atoms with Gasteiger partial charge in [0.25, 0.3) is 0 Å². The van der Waals surface area contributed by atoms with Gasteiger partial charge in [-0.15, -0.1) is 0 Å². The van der Waals surface area contributed by atoms with Crippen LogP contribution in [0.15, 0.2) is 30.6 Å². The van der Waals surface area contributed by atoms with E-state index >= 15 is 4.39 Å². The Morgan fingerprint density at radius 1 is 1.06 bits per heavy atom. The zero-order valence-corrected chi connectivity index (χ0v) is 22.0. The van der Waals surface area contributed by atoms with E-state index in [9.17, 15) is 9.18 Å². The Labute approximate surface area is 212 Å². The monoisotopic (exact) mass is 491 g/mol. The Bertz CT molecular complexity index is 1310. The van der Waals surface area contributed by atoms with E-state index in [1.165, 1.54) is 6.07 Å². The van der Waals surface area contributed by atoms with Crippen LogP contribution in [0.1, 0.15) is 76.5 Å². The molecule has 36 heavy (non-hydrogen) atoms. The SMILES string of the molecule is Cc1cc(C)c(-c2c(F)cc(C)c(C)c2F)nc1C(=O)Cc1cnccc1[C@H]1C[C@@H](N)C(C)[C@@H](C)C1. The first-order chi connectivity index (χ1) is 17.0. The maximum absolute atomic E-state index is 15.1. The normalized spacial score (nSPS) is 22.0. The lowest BCUT2D eigenvalue weighted by molar-refractivity contribution is 0.0987. The number of carbonyl (C=O) groups excluding carboxylic acids is 1. The van der Waals surface area contributed by atoms with Gasteiger partial charge < -0.3 is 5.73 Å². The van der Waals surface area contributed by atoms with Gasteiger partial charge in [0.15, 0.2) is 5.78 Å². The number of benzene rings is 1. The molecule has 0 saturated heterocycles. The number of hydrogen-bond acceptors (Lipinski definition) is 4. The number of Topliss-reactive ketones (excluding diaryl/α,β-unsaturated/α-hetero) is 1. The second-order valence-electron chi connectivity index (χ2n) is 10.7. The molecule has 1 aliphatic rings. The predicted octanol–water partition coefficient (Wildman–Crippen LogP) is 6.56. The van der Waals surface area contributed by atoms with E-state index in [0.29, 0.717) is 34.1 Å². The van der Waals surface area contributed by atoms with Gasteiger partial charge in [0, 0.05) is 24.9 Å². The molecule has 2 heterocycles. The number of pyridine rings is 2. The number of hydrogen-bond donors (Lipinski definition) is 1. The van der Waals surface area contributed by atoms with Crippen molar-refractivity contribution in [3.05, 3.63) is 81.3 Å². The molecule has 1 aromatic carbocycles. The Morgan fingerprint density at radius 2 is 1.78 bits per heavy atom. The molecule has 0 aliphatic heterocycles. The predicted molar refractivity (Wildman–Crippen MR) is 139 cm³/mol. The number of carbonyl (C=O) groups is 1. The Hall–Kier alpha value is -2.99. The third kappa shape index (κ3) is 4.83. The van der Waals surface area contributed by atoms with Crippen molar-refractivity contribution in [2.24, 2.45) is 17.6 Å². The highest BCUT2D eigenvalue weighted by Crippen LogP contribution is 2.40. The Kier molecular flexibility index (Phi) is 7.37. The van der Waals surface area contributed by atoms with E-state index in [4.69, 9.17) is 5.73 Å². The highest BCUT2D eigenvalue weighted by atomic mass is 19.1. The summed E-state index contributed by atoms with van der Waals surface area (Å²) in [6.45, 7) is 11.3. The first-order valence-electron chi connectivity index (χ1n) is 12.6. The van der Waals surface area contributed by atoms with Crippen LogP contribution in [0.4, 0.5) is 8.78 Å². The van der Waals surface area contributed by atoms with Gasteiger partial charge in [0.1, 0.15) is 17.3 Å². The summed E-state index contributed by atoms with van der Waals surface area (Å²) in [5.41, 5.74) is 10.8. The second-order valence-corrected chi connectivity index (χ2v) is 10.7. The lowest BCUT2D eigenvalue weighted by Gasteiger charge is -2.37. The topological polar surface area (TPSA) is 68.9 Å². The van der Waals surface area contributed by atoms with Crippen LogP contribution in [-0.4, -0.2) is 21.8 Å². The molecule has 2 N–H and O–H groups in total. The van der Waals surface area contributed by atoms with E-state index in [1.54, 1.807) is 46.2 Å². The van der Waals surface area contributed by atoms with Crippen LogP contribution in [0.3, 0.4) is 0 Å². The van der Waals surface area contributed by atoms with Crippen molar-refractivity contribution in [3.63, 3.8) is 0 Å². The molecular weight excluding hydrogens is 456 g/mol. The van der Waals surface area contributed by atoms with Crippen LogP contribution in [0.5, 0.6) is 0 Å². The summed E-state index contributed by atoms with van der Waals surface area (Å²) in [7, 11) is 0. The minimum Gasteiger partial charge on any atom is -0.327 e. The van der Waals surface area contributed by atoms with Crippen molar-refractivity contribution < 1.29 is 13.6 Å². The minimum atomic E-state index is -0.681. The lowest BCUT2D eigenvalue weighted by atomic mass is 9.70. The number of halogens is 2. The highest BCUT2D eigenvalue weighted by Gasteiger charge is 2.32. The summed E-state index contributed by atoms with van der Waals surface area (Å²) in [5.74, 6) is -0.316. The van der Waals surface area contributed by atoms with Crippen molar-refractivity contribution in [2.75, 3.05) is 0 Å². The molecule has 1 saturated carbocycles. The third-order valence-electron chi connectivity index (χ3n) is 8.14. The zero-order valence-electron chi connectivity index (χ0n) is 22.0. The van der Waals surface area contributed by atoms with Crippen molar-refractivity contribution >= 4 is 5.78 Å². The molecule has 4 atom stereocenters. The van der Waals surface area contributed by atoms with Gasteiger partial charge in [-0.05, 0) is 104 Å². The van der Waals surface area contributed by atoms with Gasteiger partial charge in [0.2, 0.25) is 0 Å². The maximum Gasteiger partial charge on any atom is 0.185 e. The average molecular weight is 492 g/mol. The largest absolute Gasteiger partial charge is 0.327 e. The van der Waals surface area contributed by atoms with Crippen molar-refractivity contribution in [2.45, 2.75) is 72.8 Å². The van der Waals surface area contributed by atoms with Crippen LogP contribution in [0, 0.1) is 51.2 Å². The summed E-state index contributed by atoms with van der Waals surface area (Å²) in [5, 5.41) is 0. The summed E-state index contributed by atoms with van der Waals surface area (Å²) in [6.07, 6.45) is 5.50. The van der Waals surface area contributed by atoms with Crippen molar-refractivity contribution in [1.82, 2.24) is 9.97 Å². The maximum atomic E-state index is 15.1. The second kappa shape index (κ2) is 10.2. The molecule has 1 fully saturated rings. The molecule has 0 spiro atoms. The van der Waals surface area contributed by atoms with E-state index in [2.05, 4.69) is 23.8 Å². The molecule has 4 nitrogen and oxygen atoms in total. The van der Waals surface area contributed by atoms with E-state index in [-0.39, 0.29) is 41.1 Å². The molecule has 0 amide bonds. The molecule has 3 aromatic rings. The Morgan fingerprint density at radius 3 is 2.47 bits per heavy atom. The van der Waals surface area contributed by atoms with Gasteiger partial charge in [0.05, 0.1) is 11.3 Å². The number of nitrogens with zero attached hydrogens (tertiary/aromatic N) is 2. The summed E-state index contributed by atoms with van der Waals surface area (Å²) in [4.78, 5) is 22.4. The van der Waals surface area contributed by atoms with Crippen LogP contribution >= 0.6 is 0 Å². The fourth-order valence-corrected chi connectivity index (χ4v) is 5.56. The summed E-state index contributed by atoms with van der Waals surface area (Å²) in [6, 6.07) is 5.19. The standard InChI is InChI=1S/C30H35F2N3O/c1-15-10-21(12-25(33)19(15)5)23-7-8-34-14-22(23)13-26(36)29-17(3)9-18(4)30(35-29)27-24(31)11-16(2)20(6)28(27)32/h7-9,11,14-15,19,21,25H,10,12-13,33H2,1-6H3/t15-,19?,21+,25+/m0/s1. The van der Waals surface area contributed by atoms with Gasteiger partial charge >= 0.3 is 0 Å². The first-order valence-corrected chi connectivity index (χ1v) is 12.6. The minimum absolute atomic E-state index is 0.113. The quantitative estimate of drug-likeness (QED) is 0.411. The molecule has 4 rings (SSSR count). The fourth-order valence-electron chi connectivity index (χ4n) is 5.56. The van der Waals surface area contributed by atoms with Gasteiger partial charge in [-0.3, -0.25) is 9.78 Å². The number of ketones is 1. The first kappa shape index (κ1) is 26.1. The smallest absolute Gasteiger partial charge is 0.185 e. The molecule has 190 valence electrons. The molecule has 2 aromatic heterocycles. The summed E-state index contributed by atoms with van der Waals surface area (Å²) >= 11 is 0. The fraction of sp³-hybridized carbons (Fsp3) is 0.433. The van der Waals surface area contributed by atoms with Crippen LogP contribution in [-0.2, 0) is 6.42 Å². The molecule has 1 unspecified atom stereocenters. The van der Waals surface area contributed by atoms with E-state index in [0.717, 1.165) is 24.0 Å². The van der Waals surface area contributed by atoms with Gasteiger partial charge in [-0.25, -0.2) is 13.8 Å². The molecular formula is C30H35F2N3O. The molecule has 1 aliphatic carbocycles. The van der Waals surface area contributed by atoms with Crippen LogP contribution < -0.4 is 5.73 Å². The van der Waals surface area contributed by atoms with Crippen molar-refractivity contribution in [3.8, 4) is 11.3 Å². The number of rotatable bonds is 5. The number of aromatic nitrogens is 2. The van der Waals surface area contributed by atoms with Crippen LogP contribution in [0.2, 0.25) is 0 Å². The number of aryl methyl sites for hydroxylation is 3. The van der Waals surface area contributed by atoms with Gasteiger partial charge in [-0.2, -0.15) is 0 Å². The third-order valence-corrected chi connectivity index (χ3v) is 8.14. The Balaban J connectivity index is 1.70. The van der Waals surface area contributed by atoms with Crippen molar-refractivity contribution in [1.29, 1.82) is 0 Å². The van der Waals surface area contributed by atoms with E-state index < -0.39 is 11.6 Å². The molecule has 0 bridgehead atoms. The molecule has 6 heteroatoms. The summed E-state index contributed by atoms with van der Waals surface area (Å²) < 4.78 is 30.0. The number of nitrogens with two attached hydrogens (primary N) is 1. The lowest BCUT2D eigenvalue weighted by Crippen LogP contribution is -2.39. The highest BCUT2D eigenvalue weighted by molar-refractivity contribution is 5.98. The average Bonchev–Trinajstić information content (AvgIpc) is 2.82. The van der Waals surface area contributed by atoms with E-state index in [1.807, 2.05) is 6.07 Å². The van der Waals surface area contributed by atoms with Crippen LogP contribution in [0.25, 0.3) is 11.3 Å². The zero-order chi connectivity index (χ0) is 26.3. The molecule has 0 radical (unpaired) electrons.